The molecule has 1 aliphatic rings. The van der Waals surface area contributed by atoms with Crippen LogP contribution in [0.25, 0.3) is 0 Å². The summed E-state index contributed by atoms with van der Waals surface area (Å²) in [6, 6.07) is 0. The molecule has 0 spiro atoms. The maximum Gasteiger partial charge on any atom is 0.218 e. The highest BCUT2D eigenvalue weighted by Crippen LogP contribution is 2.20. The molecule has 0 saturated carbocycles. The molecule has 0 aromatic rings. The molecule has 2 nitrogen and oxygen atoms in total. The van der Waals surface area contributed by atoms with Gasteiger partial charge in [0.2, 0.25) is 5.91 Å². The van der Waals surface area contributed by atoms with Crippen molar-refractivity contribution in [3.05, 3.63) is 23.6 Å². The van der Waals surface area contributed by atoms with Crippen molar-refractivity contribution in [2.45, 2.75) is 11.7 Å². The van der Waals surface area contributed by atoms with Crippen molar-refractivity contribution in [2.24, 2.45) is 5.73 Å². The van der Waals surface area contributed by atoms with E-state index in [1.807, 2.05) is 23.6 Å². The Kier molecular flexibility index (Phi) is 2.57. The van der Waals surface area contributed by atoms with Crippen LogP contribution in [-0.2, 0) is 4.79 Å². The van der Waals surface area contributed by atoms with Crippen LogP contribution in [0.5, 0.6) is 0 Å². The van der Waals surface area contributed by atoms with Crippen LogP contribution in [0, 0.1) is 0 Å². The van der Waals surface area contributed by atoms with E-state index in [4.69, 9.17) is 5.73 Å². The van der Waals surface area contributed by atoms with E-state index in [9.17, 15) is 4.79 Å². The van der Waals surface area contributed by atoms with E-state index >= 15 is 0 Å². The first kappa shape index (κ1) is 7.41. The molecule has 1 unspecified atom stereocenters. The predicted octanol–water partition coefficient (Wildman–Crippen LogP) is 1.05. The fourth-order valence-corrected chi connectivity index (χ4v) is 1.56. The minimum absolute atomic E-state index is 0.238. The van der Waals surface area contributed by atoms with Gasteiger partial charge in [-0.1, -0.05) is 18.2 Å². The summed E-state index contributed by atoms with van der Waals surface area (Å²) in [4.78, 5) is 10.4. The molecular weight excluding hydrogens is 146 g/mol. The van der Waals surface area contributed by atoms with Crippen molar-refractivity contribution in [2.75, 3.05) is 0 Å². The summed E-state index contributed by atoms with van der Waals surface area (Å²) in [5.74, 6) is -0.238. The Hall–Kier alpha value is -0.700. The Labute approximate surface area is 64.2 Å². The molecule has 0 fully saturated rings. The van der Waals surface area contributed by atoms with E-state index in [2.05, 4.69) is 0 Å². The van der Waals surface area contributed by atoms with Gasteiger partial charge in [0.1, 0.15) is 0 Å². The fraction of sp³-hybridized carbons (Fsp3) is 0.286. The van der Waals surface area contributed by atoms with Gasteiger partial charge in [-0.25, -0.2) is 0 Å². The summed E-state index contributed by atoms with van der Waals surface area (Å²) in [6.07, 6.45) is 6.30. The van der Waals surface area contributed by atoms with Gasteiger partial charge in [0.15, 0.2) is 0 Å². The highest BCUT2D eigenvalue weighted by atomic mass is 32.2. The number of thioether (sulfide) groups is 1. The first-order chi connectivity index (χ1) is 4.79. The number of amides is 1. The average molecular weight is 155 g/mol. The maximum absolute atomic E-state index is 10.4. The van der Waals surface area contributed by atoms with Crippen LogP contribution in [0.4, 0.5) is 0 Å². The van der Waals surface area contributed by atoms with Crippen LogP contribution in [0.3, 0.4) is 0 Å². The molecule has 1 atom stereocenters. The van der Waals surface area contributed by atoms with Crippen molar-refractivity contribution < 1.29 is 4.79 Å². The van der Waals surface area contributed by atoms with Crippen molar-refractivity contribution in [3.8, 4) is 0 Å². The van der Waals surface area contributed by atoms with Crippen LogP contribution in [0.15, 0.2) is 23.6 Å². The number of nitrogens with two attached hydrogens (primary N) is 1. The molecule has 10 heavy (non-hydrogen) atoms. The van der Waals surface area contributed by atoms with E-state index in [1.54, 1.807) is 11.8 Å². The summed E-state index contributed by atoms with van der Waals surface area (Å²) in [5, 5.41) is 2.22. The molecule has 1 aliphatic heterocycles. The van der Waals surface area contributed by atoms with Crippen LogP contribution in [0.1, 0.15) is 6.42 Å². The Bertz CT molecular complexity index is 186. The first-order valence-corrected chi connectivity index (χ1v) is 4.00. The number of primary amides is 1. The number of hydrogen-bond donors (Lipinski definition) is 1. The van der Waals surface area contributed by atoms with Gasteiger partial charge < -0.3 is 5.73 Å². The van der Waals surface area contributed by atoms with Gasteiger partial charge in [-0.05, 0) is 5.41 Å². The van der Waals surface area contributed by atoms with Crippen molar-refractivity contribution >= 4 is 17.7 Å². The number of hydrogen-bond acceptors (Lipinski definition) is 2. The Morgan fingerprint density at radius 2 is 2.40 bits per heavy atom. The number of carbonyl (C=O) groups excluding carboxylic acids is 1. The van der Waals surface area contributed by atoms with E-state index in [-0.39, 0.29) is 11.2 Å². The standard InChI is InChI=1S/C7H9NOS/c8-7(9)5-6-3-1-2-4-10-6/h1-4,6H,5H2,(H2,8,9). The van der Waals surface area contributed by atoms with E-state index in [0.717, 1.165) is 0 Å². The highest BCUT2D eigenvalue weighted by molar-refractivity contribution is 8.02. The molecule has 1 rings (SSSR count). The third kappa shape index (κ3) is 2.27. The van der Waals surface area contributed by atoms with Gasteiger partial charge in [0.05, 0.1) is 0 Å². The van der Waals surface area contributed by atoms with E-state index in [1.165, 1.54) is 0 Å². The monoisotopic (exact) mass is 155 g/mol. The van der Waals surface area contributed by atoms with E-state index in [0.29, 0.717) is 6.42 Å². The lowest BCUT2D eigenvalue weighted by atomic mass is 10.2. The second kappa shape index (κ2) is 3.46. The minimum Gasteiger partial charge on any atom is -0.370 e. The molecule has 3 heteroatoms. The third-order valence-corrected chi connectivity index (χ3v) is 2.16. The van der Waals surface area contributed by atoms with Crippen LogP contribution in [-0.4, -0.2) is 11.2 Å². The molecule has 0 saturated heterocycles. The molecule has 0 bridgehead atoms. The summed E-state index contributed by atoms with van der Waals surface area (Å²) in [6.45, 7) is 0. The average Bonchev–Trinajstić information content (AvgIpc) is 1.88. The van der Waals surface area contributed by atoms with Crippen LogP contribution in [0.2, 0.25) is 0 Å². The quantitative estimate of drug-likeness (QED) is 0.647. The molecule has 54 valence electrons. The molecule has 2 N–H and O–H groups in total. The van der Waals surface area contributed by atoms with Crippen LogP contribution >= 0.6 is 11.8 Å². The Morgan fingerprint density at radius 1 is 1.60 bits per heavy atom. The van der Waals surface area contributed by atoms with Gasteiger partial charge >= 0.3 is 0 Å². The topological polar surface area (TPSA) is 43.1 Å². The Morgan fingerprint density at radius 3 is 2.90 bits per heavy atom. The second-order valence-electron chi connectivity index (χ2n) is 2.06. The zero-order valence-corrected chi connectivity index (χ0v) is 6.30. The molecule has 1 heterocycles. The summed E-state index contributed by atoms with van der Waals surface area (Å²) in [5.41, 5.74) is 5.01. The smallest absolute Gasteiger partial charge is 0.218 e. The zero-order chi connectivity index (χ0) is 7.40. The number of allylic oxidation sites excluding steroid dienone is 2. The van der Waals surface area contributed by atoms with E-state index < -0.39 is 0 Å². The zero-order valence-electron chi connectivity index (χ0n) is 5.49. The lowest BCUT2D eigenvalue weighted by Gasteiger charge is -2.08. The van der Waals surface area contributed by atoms with Gasteiger partial charge in [0, 0.05) is 11.7 Å². The number of carbonyl (C=O) groups is 1. The highest BCUT2D eigenvalue weighted by Gasteiger charge is 2.08. The molecule has 0 radical (unpaired) electrons. The van der Waals surface area contributed by atoms with Gasteiger partial charge in [-0.3, -0.25) is 4.79 Å². The van der Waals surface area contributed by atoms with Crippen molar-refractivity contribution in [1.82, 2.24) is 0 Å². The van der Waals surface area contributed by atoms with Gasteiger partial charge in [-0.2, -0.15) is 0 Å². The summed E-state index contributed by atoms with van der Waals surface area (Å²) in [7, 11) is 0. The number of rotatable bonds is 2. The molecule has 0 aliphatic carbocycles. The molecule has 0 aromatic carbocycles. The van der Waals surface area contributed by atoms with Crippen molar-refractivity contribution in [3.63, 3.8) is 0 Å². The lowest BCUT2D eigenvalue weighted by molar-refractivity contribution is -0.117. The fourth-order valence-electron chi connectivity index (χ4n) is 0.740. The third-order valence-electron chi connectivity index (χ3n) is 1.17. The summed E-state index contributed by atoms with van der Waals surface area (Å²) >= 11 is 1.62. The van der Waals surface area contributed by atoms with Gasteiger partial charge in [0.25, 0.3) is 0 Å². The molecule has 1 amide bonds. The molecular formula is C7H9NOS. The largest absolute Gasteiger partial charge is 0.370 e. The SMILES string of the molecule is NC(=O)CC1C=CC=CS1. The van der Waals surface area contributed by atoms with Crippen molar-refractivity contribution in [1.29, 1.82) is 0 Å². The minimum atomic E-state index is -0.238. The normalized spacial score (nSPS) is 23.0. The molecule has 0 aromatic heterocycles. The van der Waals surface area contributed by atoms with Crippen LogP contribution < -0.4 is 5.73 Å². The lowest BCUT2D eigenvalue weighted by Crippen LogP contribution is -2.16. The van der Waals surface area contributed by atoms with Gasteiger partial charge in [-0.15, -0.1) is 11.8 Å². The summed E-state index contributed by atoms with van der Waals surface area (Å²) < 4.78 is 0. The first-order valence-electron chi connectivity index (χ1n) is 3.06. The predicted molar refractivity (Wildman–Crippen MR) is 43.5 cm³/mol. The second-order valence-corrected chi connectivity index (χ2v) is 3.21. The maximum atomic E-state index is 10.4. The Balaban J connectivity index is 2.37.